The van der Waals surface area contributed by atoms with Crippen LogP contribution in [-0.2, 0) is 6.42 Å². The molecular weight excluding hydrogens is 318 g/mol. The number of ketones is 1. The summed E-state index contributed by atoms with van der Waals surface area (Å²) >= 11 is 0. The van der Waals surface area contributed by atoms with Gasteiger partial charge in [0.1, 0.15) is 5.75 Å². The fraction of sp³-hybridized carbons (Fsp3) is 0.150. The van der Waals surface area contributed by atoms with Crippen molar-refractivity contribution in [3.63, 3.8) is 0 Å². The van der Waals surface area contributed by atoms with Crippen LogP contribution in [0.1, 0.15) is 27.9 Å². The quantitative estimate of drug-likeness (QED) is 0.472. The first-order valence-electron chi connectivity index (χ1n) is 7.92. The van der Waals surface area contributed by atoms with E-state index in [1.54, 1.807) is 55.7 Å². The summed E-state index contributed by atoms with van der Waals surface area (Å²) in [6.45, 7) is 0. The number of nitro benzene ring substituents is 1. The molecule has 0 fully saturated rings. The normalized spacial score (nSPS) is 15.4. The lowest BCUT2D eigenvalue weighted by Gasteiger charge is -2.17. The van der Waals surface area contributed by atoms with Crippen molar-refractivity contribution in [2.45, 2.75) is 12.8 Å². The van der Waals surface area contributed by atoms with Gasteiger partial charge in [-0.1, -0.05) is 24.3 Å². The Bertz CT molecular complexity index is 896. The zero-order valence-corrected chi connectivity index (χ0v) is 13.8. The highest BCUT2D eigenvalue weighted by Crippen LogP contribution is 2.28. The van der Waals surface area contributed by atoms with E-state index < -0.39 is 4.92 Å². The zero-order chi connectivity index (χ0) is 17.8. The Morgan fingerprint density at radius 1 is 1.16 bits per heavy atom. The lowest BCUT2D eigenvalue weighted by Crippen LogP contribution is -2.14. The molecule has 0 saturated carbocycles. The van der Waals surface area contributed by atoms with E-state index in [0.29, 0.717) is 23.1 Å². The monoisotopic (exact) mass is 335 g/mol. The van der Waals surface area contributed by atoms with Gasteiger partial charge >= 0.3 is 0 Å². The molecule has 5 nitrogen and oxygen atoms in total. The molecule has 0 atom stereocenters. The van der Waals surface area contributed by atoms with Crippen molar-refractivity contribution in [3.8, 4) is 5.75 Å². The lowest BCUT2D eigenvalue weighted by molar-refractivity contribution is -0.385. The number of nitro groups is 1. The molecule has 0 unspecified atom stereocenters. The molecule has 1 aliphatic rings. The van der Waals surface area contributed by atoms with Gasteiger partial charge in [0.15, 0.2) is 5.78 Å². The first-order chi connectivity index (χ1) is 12.1. The summed E-state index contributed by atoms with van der Waals surface area (Å²) in [7, 11) is 1.60. The number of methoxy groups -OCH3 is 1. The van der Waals surface area contributed by atoms with Gasteiger partial charge in [0.05, 0.1) is 17.6 Å². The number of fused-ring (bicyclic) bond motifs is 1. The molecular formula is C20H17NO4. The predicted molar refractivity (Wildman–Crippen MR) is 95.9 cm³/mol. The number of para-hydroxylation sites is 1. The third kappa shape index (κ3) is 3.50. The standard InChI is InChI=1S/C20H17NO4/c1-25-17-11-12-18-16(13-17)10-9-15(20(18)22)7-4-6-14-5-2-3-8-19(14)21(23)24/h2-8,11-13H,9-10H2,1H3/b6-4+,15-7+. The van der Waals surface area contributed by atoms with Crippen LogP contribution in [0, 0.1) is 10.1 Å². The molecule has 0 N–H and O–H groups in total. The van der Waals surface area contributed by atoms with E-state index in [2.05, 4.69) is 0 Å². The summed E-state index contributed by atoms with van der Waals surface area (Å²) in [6, 6.07) is 12.0. The van der Waals surface area contributed by atoms with E-state index in [-0.39, 0.29) is 11.5 Å². The fourth-order valence-electron chi connectivity index (χ4n) is 2.90. The predicted octanol–water partition coefficient (Wildman–Crippen LogP) is 4.37. The number of carbonyl (C=O) groups is 1. The summed E-state index contributed by atoms with van der Waals surface area (Å²) in [5.74, 6) is 0.742. The second-order valence-corrected chi connectivity index (χ2v) is 5.72. The molecule has 2 aromatic rings. The minimum atomic E-state index is -0.414. The van der Waals surface area contributed by atoms with Gasteiger partial charge < -0.3 is 4.74 Å². The Hall–Kier alpha value is -3.21. The van der Waals surface area contributed by atoms with Crippen molar-refractivity contribution >= 4 is 17.5 Å². The summed E-state index contributed by atoms with van der Waals surface area (Å²) in [5.41, 5.74) is 2.94. The number of allylic oxidation sites excluding steroid dienone is 3. The number of nitrogens with zero attached hydrogens (tertiary/aromatic N) is 1. The second-order valence-electron chi connectivity index (χ2n) is 5.72. The topological polar surface area (TPSA) is 69.4 Å². The number of hydrogen-bond donors (Lipinski definition) is 0. The first kappa shape index (κ1) is 16.6. The van der Waals surface area contributed by atoms with Gasteiger partial charge in [-0.25, -0.2) is 0 Å². The summed E-state index contributed by atoms with van der Waals surface area (Å²) in [6.07, 6.45) is 6.50. The summed E-state index contributed by atoms with van der Waals surface area (Å²) in [4.78, 5) is 23.2. The number of Topliss-reactive ketones (excluding diaryl/α,β-unsaturated/α-hetero) is 1. The maximum atomic E-state index is 12.6. The minimum Gasteiger partial charge on any atom is -0.497 e. The molecule has 0 saturated heterocycles. The smallest absolute Gasteiger partial charge is 0.276 e. The largest absolute Gasteiger partial charge is 0.497 e. The molecule has 126 valence electrons. The molecule has 5 heteroatoms. The van der Waals surface area contributed by atoms with Crippen LogP contribution < -0.4 is 4.74 Å². The molecule has 0 bridgehead atoms. The highest BCUT2D eigenvalue weighted by atomic mass is 16.6. The number of aryl methyl sites for hydroxylation is 1. The second kappa shape index (κ2) is 7.13. The maximum absolute atomic E-state index is 12.6. The van der Waals surface area contributed by atoms with E-state index in [4.69, 9.17) is 4.74 Å². The van der Waals surface area contributed by atoms with Crippen LogP contribution >= 0.6 is 0 Å². The molecule has 0 aliphatic heterocycles. The van der Waals surface area contributed by atoms with Crippen molar-refractivity contribution < 1.29 is 14.5 Å². The van der Waals surface area contributed by atoms with Crippen LogP contribution in [-0.4, -0.2) is 17.8 Å². The number of carbonyl (C=O) groups excluding carboxylic acids is 1. The molecule has 1 aliphatic carbocycles. The van der Waals surface area contributed by atoms with E-state index in [9.17, 15) is 14.9 Å². The van der Waals surface area contributed by atoms with Crippen LogP contribution in [0.4, 0.5) is 5.69 Å². The van der Waals surface area contributed by atoms with Crippen LogP contribution in [0.15, 0.2) is 60.2 Å². The molecule has 0 radical (unpaired) electrons. The van der Waals surface area contributed by atoms with Crippen LogP contribution in [0.25, 0.3) is 6.08 Å². The van der Waals surface area contributed by atoms with E-state index in [1.165, 1.54) is 6.07 Å². The van der Waals surface area contributed by atoms with Gasteiger partial charge in [-0.2, -0.15) is 0 Å². The Morgan fingerprint density at radius 3 is 2.72 bits per heavy atom. The molecule has 2 aromatic carbocycles. The van der Waals surface area contributed by atoms with Crippen molar-refractivity contribution in [2.75, 3.05) is 7.11 Å². The first-order valence-corrected chi connectivity index (χ1v) is 7.92. The average molecular weight is 335 g/mol. The third-order valence-corrected chi connectivity index (χ3v) is 4.22. The highest BCUT2D eigenvalue weighted by molar-refractivity contribution is 6.11. The van der Waals surface area contributed by atoms with Crippen LogP contribution in [0.2, 0.25) is 0 Å². The Kier molecular flexibility index (Phi) is 4.75. The van der Waals surface area contributed by atoms with Crippen LogP contribution in [0.3, 0.4) is 0 Å². The van der Waals surface area contributed by atoms with Gasteiger partial charge in [-0.3, -0.25) is 14.9 Å². The van der Waals surface area contributed by atoms with Crippen molar-refractivity contribution in [1.82, 2.24) is 0 Å². The van der Waals surface area contributed by atoms with E-state index >= 15 is 0 Å². The maximum Gasteiger partial charge on any atom is 0.276 e. The summed E-state index contributed by atoms with van der Waals surface area (Å²) in [5, 5.41) is 11.0. The van der Waals surface area contributed by atoms with Crippen molar-refractivity contribution in [1.29, 1.82) is 0 Å². The highest BCUT2D eigenvalue weighted by Gasteiger charge is 2.21. The third-order valence-electron chi connectivity index (χ3n) is 4.22. The molecule has 0 aromatic heterocycles. The Balaban J connectivity index is 1.83. The fourth-order valence-corrected chi connectivity index (χ4v) is 2.90. The summed E-state index contributed by atoms with van der Waals surface area (Å²) < 4.78 is 5.19. The minimum absolute atomic E-state index is 0.00360. The zero-order valence-electron chi connectivity index (χ0n) is 13.8. The average Bonchev–Trinajstić information content (AvgIpc) is 2.63. The number of benzene rings is 2. The van der Waals surface area contributed by atoms with Gasteiger partial charge in [0.2, 0.25) is 0 Å². The number of hydrogen-bond acceptors (Lipinski definition) is 4. The van der Waals surface area contributed by atoms with Gasteiger partial charge in [-0.05, 0) is 48.7 Å². The Labute approximate surface area is 145 Å². The number of rotatable bonds is 4. The molecule has 0 amide bonds. The van der Waals surface area contributed by atoms with Gasteiger partial charge in [0, 0.05) is 17.2 Å². The van der Waals surface area contributed by atoms with Crippen LogP contribution in [0.5, 0.6) is 5.75 Å². The molecule has 25 heavy (non-hydrogen) atoms. The Morgan fingerprint density at radius 2 is 1.96 bits per heavy atom. The van der Waals surface area contributed by atoms with Crippen molar-refractivity contribution in [3.05, 3.63) is 87.0 Å². The molecule has 0 heterocycles. The van der Waals surface area contributed by atoms with E-state index in [1.807, 2.05) is 6.07 Å². The van der Waals surface area contributed by atoms with E-state index in [0.717, 1.165) is 17.7 Å². The van der Waals surface area contributed by atoms with Gasteiger partial charge in [0.25, 0.3) is 5.69 Å². The van der Waals surface area contributed by atoms with Gasteiger partial charge in [-0.15, -0.1) is 0 Å². The number of ether oxygens (including phenoxy) is 1. The van der Waals surface area contributed by atoms with Crippen molar-refractivity contribution in [2.24, 2.45) is 0 Å². The molecule has 3 rings (SSSR count). The molecule has 0 spiro atoms. The lowest BCUT2D eigenvalue weighted by atomic mass is 9.86. The SMILES string of the molecule is COc1ccc2c(c1)CC/C(=C\C=C\c1ccccc1[N+](=O)[O-])C2=O.